The van der Waals surface area contributed by atoms with Gasteiger partial charge in [-0.05, 0) is 31.9 Å². The number of fused-ring (bicyclic) bond motifs is 1. The summed E-state index contributed by atoms with van der Waals surface area (Å²) in [5, 5.41) is 0. The topological polar surface area (TPSA) is 64.4 Å². The molecule has 2 aromatic rings. The van der Waals surface area contributed by atoms with E-state index >= 15 is 0 Å². The predicted molar refractivity (Wildman–Crippen MR) is 96.5 cm³/mol. The Hall–Kier alpha value is -2.21. The Kier molecular flexibility index (Phi) is 5.48. The zero-order chi connectivity index (χ0) is 17.8. The molecule has 1 saturated heterocycles. The van der Waals surface area contributed by atoms with Crippen molar-refractivity contribution in [3.63, 3.8) is 0 Å². The number of carbonyl (C=O) groups excluding carboxylic acids is 1. The molecule has 0 spiro atoms. The van der Waals surface area contributed by atoms with Crippen LogP contribution in [0.25, 0.3) is 11.0 Å². The van der Waals surface area contributed by atoms with Crippen LogP contribution in [0.1, 0.15) is 25.5 Å². The van der Waals surface area contributed by atoms with Crippen molar-refractivity contribution in [1.29, 1.82) is 0 Å². The van der Waals surface area contributed by atoms with Crippen LogP contribution in [0, 0.1) is 12.8 Å². The van der Waals surface area contributed by atoms with Crippen molar-refractivity contribution in [2.24, 2.45) is 5.92 Å². The standard InChI is InChI=1S/C19H25N3O3/c1-3-10-25-13-15-8-9-21(11-15)18(23)12-22-17-7-5-4-6-16(17)20-14(2)19(22)24/h4-7,15H,3,8-13H2,1-2H3/t15-/m1/s1. The van der Waals surface area contributed by atoms with Crippen molar-refractivity contribution in [1.82, 2.24) is 14.5 Å². The van der Waals surface area contributed by atoms with Crippen molar-refractivity contribution in [2.45, 2.75) is 33.2 Å². The Labute approximate surface area is 147 Å². The van der Waals surface area contributed by atoms with Crippen LogP contribution in [0.2, 0.25) is 0 Å². The molecule has 3 rings (SSSR count). The normalized spacial score (nSPS) is 17.4. The van der Waals surface area contributed by atoms with Gasteiger partial charge in [-0.25, -0.2) is 4.98 Å². The number of ether oxygens (including phenoxy) is 1. The largest absolute Gasteiger partial charge is 0.381 e. The fraction of sp³-hybridized carbons (Fsp3) is 0.526. The minimum Gasteiger partial charge on any atom is -0.381 e. The number of nitrogens with zero attached hydrogens (tertiary/aromatic N) is 3. The quantitative estimate of drug-likeness (QED) is 0.753. The summed E-state index contributed by atoms with van der Waals surface area (Å²) in [6, 6.07) is 7.44. The van der Waals surface area contributed by atoms with Crippen molar-refractivity contribution in [3.05, 3.63) is 40.3 Å². The minimum absolute atomic E-state index is 0.0177. The Balaban J connectivity index is 1.73. The summed E-state index contributed by atoms with van der Waals surface area (Å²) < 4.78 is 7.15. The van der Waals surface area contributed by atoms with Crippen LogP contribution in [0.5, 0.6) is 0 Å². The SMILES string of the molecule is CCCOC[C@@H]1CCN(C(=O)Cn2c(=O)c(C)nc3ccccc32)C1. The monoisotopic (exact) mass is 343 g/mol. The summed E-state index contributed by atoms with van der Waals surface area (Å²) in [7, 11) is 0. The third-order valence-electron chi connectivity index (χ3n) is 4.65. The average molecular weight is 343 g/mol. The van der Waals surface area contributed by atoms with E-state index in [9.17, 15) is 9.59 Å². The van der Waals surface area contributed by atoms with E-state index in [4.69, 9.17) is 4.74 Å². The van der Waals surface area contributed by atoms with Gasteiger partial charge in [0.25, 0.3) is 5.56 Å². The Bertz CT molecular complexity index is 815. The van der Waals surface area contributed by atoms with Gasteiger partial charge in [0.2, 0.25) is 5.91 Å². The lowest BCUT2D eigenvalue weighted by Crippen LogP contribution is -2.36. The molecule has 134 valence electrons. The second-order valence-electron chi connectivity index (χ2n) is 6.65. The van der Waals surface area contributed by atoms with E-state index in [0.717, 1.165) is 31.5 Å². The number of aryl methyl sites for hydroxylation is 1. The maximum absolute atomic E-state index is 12.7. The first-order valence-electron chi connectivity index (χ1n) is 8.92. The number of amides is 1. The average Bonchev–Trinajstić information content (AvgIpc) is 3.08. The number of benzene rings is 1. The lowest BCUT2D eigenvalue weighted by Gasteiger charge is -2.18. The molecule has 0 unspecified atom stereocenters. The first-order valence-corrected chi connectivity index (χ1v) is 8.92. The van der Waals surface area contributed by atoms with Gasteiger partial charge < -0.3 is 9.64 Å². The minimum atomic E-state index is -0.200. The Morgan fingerprint density at radius 3 is 2.96 bits per heavy atom. The van der Waals surface area contributed by atoms with Crippen LogP contribution in [0.3, 0.4) is 0 Å². The fourth-order valence-corrected chi connectivity index (χ4v) is 3.30. The van der Waals surface area contributed by atoms with E-state index < -0.39 is 0 Å². The zero-order valence-electron chi connectivity index (χ0n) is 14.9. The highest BCUT2D eigenvalue weighted by Crippen LogP contribution is 2.18. The maximum Gasteiger partial charge on any atom is 0.272 e. The van der Waals surface area contributed by atoms with Gasteiger partial charge in [0.15, 0.2) is 0 Å². The van der Waals surface area contributed by atoms with Crippen LogP contribution < -0.4 is 5.56 Å². The lowest BCUT2D eigenvalue weighted by atomic mass is 10.1. The van der Waals surface area contributed by atoms with Gasteiger partial charge in [-0.15, -0.1) is 0 Å². The van der Waals surface area contributed by atoms with Crippen LogP contribution in [-0.4, -0.2) is 46.7 Å². The Morgan fingerprint density at radius 2 is 2.16 bits per heavy atom. The molecule has 25 heavy (non-hydrogen) atoms. The van der Waals surface area contributed by atoms with Gasteiger partial charge in [-0.3, -0.25) is 14.2 Å². The molecule has 1 fully saturated rings. The highest BCUT2D eigenvalue weighted by Gasteiger charge is 2.27. The third kappa shape index (κ3) is 3.90. The molecule has 1 aliphatic heterocycles. The van der Waals surface area contributed by atoms with Crippen molar-refractivity contribution in [3.8, 4) is 0 Å². The second kappa shape index (κ2) is 7.78. The van der Waals surface area contributed by atoms with E-state index in [0.29, 0.717) is 30.3 Å². The van der Waals surface area contributed by atoms with Gasteiger partial charge in [0.05, 0.1) is 17.6 Å². The molecule has 0 saturated carbocycles. The van der Waals surface area contributed by atoms with Gasteiger partial charge in [0, 0.05) is 25.6 Å². The molecule has 1 atom stereocenters. The summed E-state index contributed by atoms with van der Waals surface area (Å²) in [5.41, 5.74) is 1.65. The molecule has 6 heteroatoms. The van der Waals surface area contributed by atoms with Crippen LogP contribution >= 0.6 is 0 Å². The van der Waals surface area contributed by atoms with Crippen LogP contribution in [0.15, 0.2) is 29.1 Å². The molecule has 1 aliphatic rings. The third-order valence-corrected chi connectivity index (χ3v) is 4.65. The molecule has 0 N–H and O–H groups in total. The van der Waals surface area contributed by atoms with Crippen molar-refractivity contribution >= 4 is 16.9 Å². The van der Waals surface area contributed by atoms with Gasteiger partial charge in [0.1, 0.15) is 12.2 Å². The fourth-order valence-electron chi connectivity index (χ4n) is 3.30. The zero-order valence-corrected chi connectivity index (χ0v) is 14.9. The molecule has 0 radical (unpaired) electrons. The predicted octanol–water partition coefficient (Wildman–Crippen LogP) is 1.98. The van der Waals surface area contributed by atoms with Gasteiger partial charge >= 0.3 is 0 Å². The first kappa shape index (κ1) is 17.6. The van der Waals surface area contributed by atoms with E-state index in [1.807, 2.05) is 29.2 Å². The molecular formula is C19H25N3O3. The molecule has 1 aromatic carbocycles. The number of likely N-dealkylation sites (tertiary alicyclic amines) is 1. The molecule has 0 bridgehead atoms. The lowest BCUT2D eigenvalue weighted by molar-refractivity contribution is -0.130. The summed E-state index contributed by atoms with van der Waals surface area (Å²) >= 11 is 0. The van der Waals surface area contributed by atoms with E-state index in [1.54, 1.807) is 11.5 Å². The molecular weight excluding hydrogens is 318 g/mol. The number of carbonyl (C=O) groups is 1. The molecule has 6 nitrogen and oxygen atoms in total. The molecule has 1 aromatic heterocycles. The number of para-hydroxylation sites is 2. The van der Waals surface area contributed by atoms with Crippen molar-refractivity contribution < 1.29 is 9.53 Å². The summed E-state index contributed by atoms with van der Waals surface area (Å²) in [4.78, 5) is 31.3. The van der Waals surface area contributed by atoms with E-state index in [2.05, 4.69) is 11.9 Å². The Morgan fingerprint density at radius 1 is 1.36 bits per heavy atom. The highest BCUT2D eigenvalue weighted by atomic mass is 16.5. The molecule has 0 aliphatic carbocycles. The van der Waals surface area contributed by atoms with Gasteiger partial charge in [-0.2, -0.15) is 0 Å². The van der Waals surface area contributed by atoms with Gasteiger partial charge in [-0.1, -0.05) is 19.1 Å². The molecule has 1 amide bonds. The van der Waals surface area contributed by atoms with Crippen LogP contribution in [-0.2, 0) is 16.1 Å². The van der Waals surface area contributed by atoms with Crippen molar-refractivity contribution in [2.75, 3.05) is 26.3 Å². The first-order chi connectivity index (χ1) is 12.1. The van der Waals surface area contributed by atoms with E-state index in [1.165, 1.54) is 0 Å². The number of hydrogen-bond donors (Lipinski definition) is 0. The van der Waals surface area contributed by atoms with E-state index in [-0.39, 0.29) is 18.0 Å². The summed E-state index contributed by atoms with van der Waals surface area (Å²) in [5.74, 6) is 0.374. The number of hydrogen-bond acceptors (Lipinski definition) is 4. The summed E-state index contributed by atoms with van der Waals surface area (Å²) in [6.45, 7) is 6.74. The summed E-state index contributed by atoms with van der Waals surface area (Å²) in [6.07, 6.45) is 1.97. The number of aromatic nitrogens is 2. The smallest absolute Gasteiger partial charge is 0.272 e. The number of rotatable bonds is 6. The highest BCUT2D eigenvalue weighted by molar-refractivity contribution is 5.80. The second-order valence-corrected chi connectivity index (χ2v) is 6.65. The van der Waals surface area contributed by atoms with Crippen LogP contribution in [0.4, 0.5) is 0 Å². The maximum atomic E-state index is 12.7. The molecule has 2 heterocycles.